The number of pyridine rings is 1. The van der Waals surface area contributed by atoms with Gasteiger partial charge < -0.3 is 20.0 Å². The lowest BCUT2D eigenvalue weighted by Crippen LogP contribution is -2.46. The summed E-state index contributed by atoms with van der Waals surface area (Å²) >= 11 is 12.2. The number of benzene rings is 1. The molecule has 0 saturated carbocycles. The van der Waals surface area contributed by atoms with Gasteiger partial charge in [-0.2, -0.15) is 5.10 Å². The van der Waals surface area contributed by atoms with E-state index in [1.807, 2.05) is 19.9 Å². The largest absolute Gasteiger partial charge is 0.394 e. The first kappa shape index (κ1) is 27.6. The van der Waals surface area contributed by atoms with Gasteiger partial charge in [0.15, 0.2) is 0 Å². The highest BCUT2D eigenvalue weighted by Gasteiger charge is 2.41. The van der Waals surface area contributed by atoms with Crippen molar-refractivity contribution in [3.8, 4) is 0 Å². The molecular formula is C28H31Cl2N5O4. The average Bonchev–Trinajstić information content (AvgIpc) is 3.27. The Bertz CT molecular complexity index is 1430. The summed E-state index contributed by atoms with van der Waals surface area (Å²) in [7, 11) is 0. The Morgan fingerprint density at radius 1 is 1.21 bits per heavy atom. The number of rotatable bonds is 5. The predicted molar refractivity (Wildman–Crippen MR) is 147 cm³/mol. The van der Waals surface area contributed by atoms with Crippen LogP contribution in [0, 0.1) is 0 Å². The van der Waals surface area contributed by atoms with Gasteiger partial charge in [0.2, 0.25) is 0 Å². The number of aromatic nitrogens is 3. The standard InChI is InChI=1S/C28H31Cl2N5O4/c1-15-9-23-20(13-33(15)26(37)17-5-7-21(29)22(30)10-17)25-27(38)34(12-19(14-36)35(25)32-23)16(2)18-6-8-24(31-11-18)28(3,4)39/h5-8,10-11,15-16,19,36,39H,9,12-14H2,1-4H3/t15-,16?,19+/m1/s1. The van der Waals surface area contributed by atoms with Gasteiger partial charge in [-0.25, -0.2) is 0 Å². The molecule has 2 aliphatic rings. The molecule has 1 aromatic carbocycles. The molecule has 0 aliphatic carbocycles. The molecule has 2 aromatic heterocycles. The van der Waals surface area contributed by atoms with Gasteiger partial charge in [-0.15, -0.1) is 0 Å². The van der Waals surface area contributed by atoms with E-state index in [2.05, 4.69) is 4.98 Å². The number of hydrogen-bond donors (Lipinski definition) is 2. The predicted octanol–water partition coefficient (Wildman–Crippen LogP) is 4.15. The van der Waals surface area contributed by atoms with Crippen LogP contribution in [0.1, 0.15) is 83.1 Å². The lowest BCUT2D eigenvalue weighted by Gasteiger charge is -2.38. The Balaban J connectivity index is 1.47. The molecule has 0 radical (unpaired) electrons. The molecule has 4 heterocycles. The van der Waals surface area contributed by atoms with Crippen molar-refractivity contribution in [2.45, 2.75) is 64.4 Å². The third kappa shape index (κ3) is 4.93. The Morgan fingerprint density at radius 2 is 1.95 bits per heavy atom. The van der Waals surface area contributed by atoms with Crippen LogP contribution in [0.25, 0.3) is 0 Å². The Kier molecular flexibility index (Phi) is 7.22. The Morgan fingerprint density at radius 3 is 2.56 bits per heavy atom. The van der Waals surface area contributed by atoms with Gasteiger partial charge in [0.1, 0.15) is 11.3 Å². The lowest BCUT2D eigenvalue weighted by molar-refractivity contribution is 0.0512. The van der Waals surface area contributed by atoms with Gasteiger partial charge in [0.25, 0.3) is 11.8 Å². The molecule has 2 aliphatic heterocycles. The number of nitrogens with zero attached hydrogens (tertiary/aromatic N) is 5. The number of hydrogen-bond acceptors (Lipinski definition) is 6. The first-order valence-corrected chi connectivity index (χ1v) is 13.6. The number of carbonyl (C=O) groups is 2. The maximum atomic E-state index is 13.9. The molecule has 0 fully saturated rings. The van der Waals surface area contributed by atoms with E-state index in [1.165, 1.54) is 0 Å². The van der Waals surface area contributed by atoms with E-state index in [0.29, 0.717) is 39.0 Å². The zero-order chi connectivity index (χ0) is 28.2. The first-order chi connectivity index (χ1) is 18.4. The zero-order valence-corrected chi connectivity index (χ0v) is 23.7. The monoisotopic (exact) mass is 571 g/mol. The molecule has 0 spiro atoms. The molecule has 0 saturated heterocycles. The summed E-state index contributed by atoms with van der Waals surface area (Å²) < 4.78 is 1.63. The summed E-state index contributed by atoms with van der Waals surface area (Å²) in [6.45, 7) is 7.48. The van der Waals surface area contributed by atoms with Gasteiger partial charge in [-0.1, -0.05) is 29.3 Å². The summed E-state index contributed by atoms with van der Waals surface area (Å²) in [4.78, 5) is 35.2. The second kappa shape index (κ2) is 10.2. The summed E-state index contributed by atoms with van der Waals surface area (Å²) in [5.41, 5.74) is 2.52. The van der Waals surface area contributed by atoms with E-state index in [9.17, 15) is 19.8 Å². The number of fused-ring (bicyclic) bond motifs is 3. The third-order valence-corrected chi connectivity index (χ3v) is 8.40. The fraction of sp³-hybridized carbons (Fsp3) is 0.429. The molecule has 2 amide bonds. The highest BCUT2D eigenvalue weighted by atomic mass is 35.5. The summed E-state index contributed by atoms with van der Waals surface area (Å²) in [6, 6.07) is 7.46. The van der Waals surface area contributed by atoms with Gasteiger partial charge in [0, 0.05) is 36.3 Å². The van der Waals surface area contributed by atoms with Crippen LogP contribution < -0.4 is 0 Å². The van der Waals surface area contributed by atoms with Gasteiger partial charge >= 0.3 is 0 Å². The molecule has 5 rings (SSSR count). The van der Waals surface area contributed by atoms with Crippen LogP contribution in [0.2, 0.25) is 10.0 Å². The van der Waals surface area contributed by atoms with E-state index in [1.54, 1.807) is 58.8 Å². The minimum atomic E-state index is -1.08. The SMILES string of the molecule is CC(c1ccc(C(C)(C)O)nc1)N1C[C@@H](CO)n2nc3c(c2C1=O)CN(C(=O)c1ccc(Cl)c(Cl)c1)[C@H](C)C3. The minimum absolute atomic E-state index is 0.158. The Hall–Kier alpha value is -2.98. The molecule has 1 unspecified atom stereocenters. The fourth-order valence-electron chi connectivity index (χ4n) is 5.31. The number of halogens is 2. The van der Waals surface area contributed by atoms with E-state index >= 15 is 0 Å². The van der Waals surface area contributed by atoms with Gasteiger partial charge in [-0.3, -0.25) is 19.3 Å². The molecule has 39 heavy (non-hydrogen) atoms. The van der Waals surface area contributed by atoms with Crippen LogP contribution in [0.4, 0.5) is 0 Å². The summed E-state index contributed by atoms with van der Waals surface area (Å²) in [5, 5.41) is 25.9. The number of carbonyl (C=O) groups excluding carboxylic acids is 2. The van der Waals surface area contributed by atoms with Crippen molar-refractivity contribution in [3.63, 3.8) is 0 Å². The lowest BCUT2D eigenvalue weighted by atomic mass is 9.96. The van der Waals surface area contributed by atoms with Crippen molar-refractivity contribution in [2.75, 3.05) is 13.2 Å². The van der Waals surface area contributed by atoms with E-state index in [0.717, 1.165) is 11.3 Å². The fourth-order valence-corrected chi connectivity index (χ4v) is 5.60. The molecule has 0 bridgehead atoms. The van der Waals surface area contributed by atoms with Crippen LogP contribution in [0.15, 0.2) is 36.5 Å². The molecular weight excluding hydrogens is 541 g/mol. The van der Waals surface area contributed by atoms with Crippen molar-refractivity contribution < 1.29 is 19.8 Å². The van der Waals surface area contributed by atoms with E-state index < -0.39 is 11.6 Å². The van der Waals surface area contributed by atoms with Crippen LogP contribution in [-0.4, -0.2) is 65.8 Å². The van der Waals surface area contributed by atoms with E-state index in [4.69, 9.17) is 28.3 Å². The zero-order valence-electron chi connectivity index (χ0n) is 22.2. The van der Waals surface area contributed by atoms with Crippen molar-refractivity contribution in [2.24, 2.45) is 0 Å². The Labute approximate surface area is 237 Å². The summed E-state index contributed by atoms with van der Waals surface area (Å²) in [5.74, 6) is -0.430. The quantitative estimate of drug-likeness (QED) is 0.475. The third-order valence-electron chi connectivity index (χ3n) is 7.66. The van der Waals surface area contributed by atoms with Gasteiger partial charge in [0.05, 0.1) is 46.7 Å². The molecule has 9 nitrogen and oxygen atoms in total. The topological polar surface area (TPSA) is 112 Å². The highest BCUT2D eigenvalue weighted by Crippen LogP contribution is 2.36. The molecule has 2 N–H and O–H groups in total. The smallest absolute Gasteiger partial charge is 0.273 e. The maximum absolute atomic E-state index is 13.9. The van der Waals surface area contributed by atoms with Gasteiger partial charge in [-0.05, 0) is 57.5 Å². The number of amides is 2. The van der Waals surface area contributed by atoms with Crippen molar-refractivity contribution in [1.82, 2.24) is 24.6 Å². The highest BCUT2D eigenvalue weighted by molar-refractivity contribution is 6.42. The normalized spacial score (nSPS) is 20.1. The molecule has 11 heteroatoms. The minimum Gasteiger partial charge on any atom is -0.394 e. The average molecular weight is 572 g/mol. The second-order valence-electron chi connectivity index (χ2n) is 10.8. The molecule has 3 aromatic rings. The maximum Gasteiger partial charge on any atom is 0.273 e. The van der Waals surface area contributed by atoms with Crippen LogP contribution in [0.3, 0.4) is 0 Å². The van der Waals surface area contributed by atoms with E-state index in [-0.39, 0.29) is 43.6 Å². The molecule has 206 valence electrons. The molecule has 3 atom stereocenters. The first-order valence-electron chi connectivity index (χ1n) is 12.9. The second-order valence-corrected chi connectivity index (χ2v) is 11.7. The van der Waals surface area contributed by atoms with Crippen molar-refractivity contribution >= 4 is 35.0 Å². The van der Waals surface area contributed by atoms with Crippen LogP contribution >= 0.6 is 23.2 Å². The van der Waals surface area contributed by atoms with Crippen molar-refractivity contribution in [1.29, 1.82) is 0 Å². The number of aliphatic hydroxyl groups is 2. The van der Waals surface area contributed by atoms with Crippen molar-refractivity contribution in [3.05, 3.63) is 80.3 Å². The van der Waals surface area contributed by atoms with Crippen LogP contribution in [-0.2, 0) is 18.6 Å². The van der Waals surface area contributed by atoms with Crippen LogP contribution in [0.5, 0.6) is 0 Å². The number of aliphatic hydroxyl groups excluding tert-OH is 1. The summed E-state index contributed by atoms with van der Waals surface area (Å²) in [6.07, 6.45) is 2.14.